The summed E-state index contributed by atoms with van der Waals surface area (Å²) in [6.07, 6.45) is 1.63. The number of carbonyl (C=O) groups is 1. The molecule has 1 amide bonds. The second-order valence-corrected chi connectivity index (χ2v) is 5.30. The Balaban J connectivity index is 2.02. The summed E-state index contributed by atoms with van der Waals surface area (Å²) >= 11 is 0. The number of para-hydroxylation sites is 1. The van der Waals surface area contributed by atoms with E-state index in [9.17, 15) is 9.59 Å². The minimum absolute atomic E-state index is 0.126. The first kappa shape index (κ1) is 14.1. The topological polar surface area (TPSA) is 79.8 Å². The first-order valence-electron chi connectivity index (χ1n) is 7.03. The van der Waals surface area contributed by atoms with Crippen molar-refractivity contribution in [2.75, 3.05) is 5.32 Å². The first-order valence-corrected chi connectivity index (χ1v) is 7.03. The molecule has 6 heteroatoms. The van der Waals surface area contributed by atoms with E-state index < -0.39 is 0 Å². The van der Waals surface area contributed by atoms with Gasteiger partial charge in [-0.3, -0.25) is 9.59 Å². The van der Waals surface area contributed by atoms with Gasteiger partial charge in [0.25, 0.3) is 5.91 Å². The van der Waals surface area contributed by atoms with Crippen LogP contribution in [0.15, 0.2) is 47.4 Å². The van der Waals surface area contributed by atoms with Gasteiger partial charge in [-0.1, -0.05) is 18.2 Å². The van der Waals surface area contributed by atoms with Crippen molar-refractivity contribution < 1.29 is 4.79 Å². The van der Waals surface area contributed by atoms with E-state index in [2.05, 4.69) is 15.4 Å². The highest BCUT2D eigenvalue weighted by Gasteiger charge is 2.14. The number of aromatic nitrogens is 3. The molecule has 0 bridgehead atoms. The Morgan fingerprint density at radius 2 is 2.05 bits per heavy atom. The number of hydrogen-bond acceptors (Lipinski definition) is 3. The molecule has 0 aliphatic rings. The van der Waals surface area contributed by atoms with Gasteiger partial charge in [0, 0.05) is 29.1 Å². The van der Waals surface area contributed by atoms with Crippen molar-refractivity contribution in [2.45, 2.75) is 19.9 Å². The first-order chi connectivity index (χ1) is 10.6. The van der Waals surface area contributed by atoms with Crippen molar-refractivity contribution in [3.05, 3.63) is 58.5 Å². The summed E-state index contributed by atoms with van der Waals surface area (Å²) in [5.74, 6) is 0.272. The van der Waals surface area contributed by atoms with Gasteiger partial charge in [0.15, 0.2) is 0 Å². The molecule has 22 heavy (non-hydrogen) atoms. The molecule has 6 nitrogen and oxygen atoms in total. The van der Waals surface area contributed by atoms with Crippen LogP contribution >= 0.6 is 0 Å². The Morgan fingerprint density at radius 3 is 2.82 bits per heavy atom. The smallest absolute Gasteiger partial charge is 0.257 e. The molecule has 0 radical (unpaired) electrons. The number of aromatic amines is 1. The van der Waals surface area contributed by atoms with Crippen molar-refractivity contribution in [1.82, 2.24) is 14.8 Å². The lowest BCUT2D eigenvalue weighted by atomic mass is 10.1. The molecule has 1 aromatic carbocycles. The minimum atomic E-state index is -0.329. The van der Waals surface area contributed by atoms with Crippen LogP contribution in [0.25, 0.3) is 10.9 Å². The van der Waals surface area contributed by atoms with E-state index in [4.69, 9.17) is 0 Å². The molecule has 3 rings (SSSR count). The summed E-state index contributed by atoms with van der Waals surface area (Å²) in [4.78, 5) is 27.0. The molecule has 0 unspecified atom stereocenters. The lowest BCUT2D eigenvalue weighted by molar-refractivity contribution is 0.102. The predicted molar refractivity (Wildman–Crippen MR) is 85.1 cm³/mol. The maximum Gasteiger partial charge on any atom is 0.257 e. The van der Waals surface area contributed by atoms with E-state index in [-0.39, 0.29) is 17.5 Å². The molecule has 0 saturated heterocycles. The number of carbonyl (C=O) groups excluding carboxylic acids is 1. The van der Waals surface area contributed by atoms with E-state index >= 15 is 0 Å². The highest BCUT2D eigenvalue weighted by molar-refractivity contribution is 6.11. The fourth-order valence-electron chi connectivity index (χ4n) is 2.40. The quantitative estimate of drug-likeness (QED) is 0.779. The number of hydrogen-bond donors (Lipinski definition) is 2. The zero-order valence-electron chi connectivity index (χ0n) is 12.3. The number of pyridine rings is 1. The van der Waals surface area contributed by atoms with E-state index in [1.54, 1.807) is 29.1 Å². The lowest BCUT2D eigenvalue weighted by Gasteiger charge is -2.12. The van der Waals surface area contributed by atoms with E-state index in [0.29, 0.717) is 22.3 Å². The van der Waals surface area contributed by atoms with Gasteiger partial charge < -0.3 is 10.3 Å². The number of nitrogens with one attached hydrogen (secondary N) is 2. The van der Waals surface area contributed by atoms with Crippen molar-refractivity contribution in [3.8, 4) is 0 Å². The molecule has 0 aliphatic heterocycles. The van der Waals surface area contributed by atoms with Crippen LogP contribution < -0.4 is 10.9 Å². The average molecular weight is 296 g/mol. The normalized spacial score (nSPS) is 11.0. The Kier molecular flexibility index (Phi) is 3.50. The minimum Gasteiger partial charge on any atom is -0.322 e. The van der Waals surface area contributed by atoms with Gasteiger partial charge in [0.05, 0.1) is 11.8 Å². The molecule has 0 saturated carbocycles. The third-order valence-electron chi connectivity index (χ3n) is 3.40. The number of amides is 1. The summed E-state index contributed by atoms with van der Waals surface area (Å²) in [5.41, 5.74) is 0.676. The van der Waals surface area contributed by atoms with Gasteiger partial charge in [0.1, 0.15) is 5.82 Å². The van der Waals surface area contributed by atoms with Crippen LogP contribution in [0.1, 0.15) is 30.2 Å². The lowest BCUT2D eigenvalue weighted by Crippen LogP contribution is -2.19. The van der Waals surface area contributed by atoms with Crippen molar-refractivity contribution in [3.63, 3.8) is 0 Å². The third kappa shape index (κ3) is 2.50. The van der Waals surface area contributed by atoms with Crippen LogP contribution in [0.2, 0.25) is 0 Å². The molecule has 2 aromatic heterocycles. The van der Waals surface area contributed by atoms with Gasteiger partial charge in [-0.25, -0.2) is 4.68 Å². The van der Waals surface area contributed by atoms with Crippen LogP contribution in [-0.4, -0.2) is 20.7 Å². The van der Waals surface area contributed by atoms with Gasteiger partial charge >= 0.3 is 0 Å². The molecule has 2 N–H and O–H groups in total. The Labute approximate surface area is 126 Å². The molecule has 0 spiro atoms. The predicted octanol–water partition coefficient (Wildman–Crippen LogP) is 2.56. The molecule has 0 aliphatic carbocycles. The molecule has 3 aromatic rings. The average Bonchev–Trinajstić information content (AvgIpc) is 2.94. The summed E-state index contributed by atoms with van der Waals surface area (Å²) in [6, 6.07) is 10.4. The van der Waals surface area contributed by atoms with Crippen LogP contribution in [0, 0.1) is 0 Å². The largest absolute Gasteiger partial charge is 0.322 e. The Bertz CT molecular complexity index is 892. The number of H-pyrrole nitrogens is 1. The second-order valence-electron chi connectivity index (χ2n) is 5.30. The van der Waals surface area contributed by atoms with Crippen LogP contribution in [0.4, 0.5) is 5.82 Å². The summed E-state index contributed by atoms with van der Waals surface area (Å²) in [6.45, 7) is 3.95. The summed E-state index contributed by atoms with van der Waals surface area (Å²) in [7, 11) is 0. The van der Waals surface area contributed by atoms with E-state index in [0.717, 1.165) is 0 Å². The maximum absolute atomic E-state index is 12.5. The van der Waals surface area contributed by atoms with Crippen LogP contribution in [0.3, 0.4) is 0 Å². The van der Waals surface area contributed by atoms with Crippen molar-refractivity contribution in [2.24, 2.45) is 0 Å². The maximum atomic E-state index is 12.5. The Morgan fingerprint density at radius 1 is 1.27 bits per heavy atom. The van der Waals surface area contributed by atoms with Gasteiger partial charge in [-0.05, 0) is 19.9 Å². The third-order valence-corrected chi connectivity index (χ3v) is 3.40. The van der Waals surface area contributed by atoms with Crippen LogP contribution in [0.5, 0.6) is 0 Å². The van der Waals surface area contributed by atoms with E-state index in [1.807, 2.05) is 26.0 Å². The SMILES string of the molecule is CC(C)n1nccc1NC(=O)c1cc(=O)[nH]c2ccccc12. The van der Waals surface area contributed by atoms with Gasteiger partial charge in [-0.15, -0.1) is 0 Å². The van der Waals surface area contributed by atoms with Gasteiger partial charge in [0.2, 0.25) is 5.56 Å². The monoisotopic (exact) mass is 296 g/mol. The van der Waals surface area contributed by atoms with Crippen LogP contribution in [-0.2, 0) is 0 Å². The highest BCUT2D eigenvalue weighted by atomic mass is 16.2. The zero-order valence-corrected chi connectivity index (χ0v) is 12.3. The molecular weight excluding hydrogens is 280 g/mol. The summed E-state index contributed by atoms with van der Waals surface area (Å²) in [5, 5.41) is 7.70. The van der Waals surface area contributed by atoms with E-state index in [1.165, 1.54) is 6.07 Å². The second kappa shape index (κ2) is 5.48. The molecule has 112 valence electrons. The molecule has 0 atom stereocenters. The molecule has 2 heterocycles. The number of fused-ring (bicyclic) bond motifs is 1. The number of anilines is 1. The Hall–Kier alpha value is -2.89. The summed E-state index contributed by atoms with van der Waals surface area (Å²) < 4.78 is 1.72. The zero-order chi connectivity index (χ0) is 15.7. The van der Waals surface area contributed by atoms with Crippen molar-refractivity contribution >= 4 is 22.6 Å². The fraction of sp³-hybridized carbons (Fsp3) is 0.188. The van der Waals surface area contributed by atoms with Crippen molar-refractivity contribution in [1.29, 1.82) is 0 Å². The van der Waals surface area contributed by atoms with Gasteiger partial charge in [-0.2, -0.15) is 5.10 Å². The highest BCUT2D eigenvalue weighted by Crippen LogP contribution is 2.18. The number of rotatable bonds is 3. The molecule has 0 fully saturated rings. The fourth-order valence-corrected chi connectivity index (χ4v) is 2.40. The number of nitrogens with zero attached hydrogens (tertiary/aromatic N) is 2. The molecular formula is C16H16N4O2. The standard InChI is InChI=1S/C16H16N4O2/c1-10(2)20-14(7-8-17-20)19-16(22)12-9-15(21)18-13-6-4-3-5-11(12)13/h3-10H,1-2H3,(H,18,21)(H,19,22). The number of benzene rings is 1.